The van der Waals surface area contributed by atoms with Gasteiger partial charge in [0.15, 0.2) is 11.6 Å². The van der Waals surface area contributed by atoms with Crippen molar-refractivity contribution in [3.05, 3.63) is 29.6 Å². The lowest BCUT2D eigenvalue weighted by atomic mass is 9.81. The van der Waals surface area contributed by atoms with E-state index in [4.69, 9.17) is 4.74 Å². The number of rotatable bonds is 6. The molecule has 2 nitrogen and oxygen atoms in total. The van der Waals surface area contributed by atoms with Gasteiger partial charge in [0, 0.05) is 6.04 Å². The van der Waals surface area contributed by atoms with Crippen molar-refractivity contribution in [3.8, 4) is 5.75 Å². The summed E-state index contributed by atoms with van der Waals surface area (Å²) in [5.74, 6) is 0.824. The van der Waals surface area contributed by atoms with Crippen LogP contribution < -0.4 is 10.1 Å². The van der Waals surface area contributed by atoms with E-state index >= 15 is 0 Å². The molecule has 0 heterocycles. The average Bonchev–Trinajstić information content (AvgIpc) is 2.49. The van der Waals surface area contributed by atoms with E-state index in [1.54, 1.807) is 6.07 Å². The summed E-state index contributed by atoms with van der Waals surface area (Å²) in [4.78, 5) is 0. The highest BCUT2D eigenvalue weighted by Gasteiger charge is 2.24. The number of hydrogen-bond donors (Lipinski definition) is 1. The molecule has 0 aromatic heterocycles. The van der Waals surface area contributed by atoms with Gasteiger partial charge < -0.3 is 10.1 Å². The van der Waals surface area contributed by atoms with E-state index in [9.17, 15) is 4.39 Å². The summed E-state index contributed by atoms with van der Waals surface area (Å²) >= 11 is 0. The minimum Gasteiger partial charge on any atom is -0.494 e. The van der Waals surface area contributed by atoms with E-state index in [-0.39, 0.29) is 5.82 Å². The van der Waals surface area contributed by atoms with Gasteiger partial charge in [0.05, 0.1) is 7.11 Å². The number of ether oxygens (including phenoxy) is 1. The van der Waals surface area contributed by atoms with Crippen LogP contribution in [-0.4, -0.2) is 19.7 Å². The van der Waals surface area contributed by atoms with Crippen LogP contribution in [0.4, 0.5) is 4.39 Å². The van der Waals surface area contributed by atoms with Crippen molar-refractivity contribution in [1.82, 2.24) is 5.32 Å². The first kappa shape index (κ1) is 15.3. The van der Waals surface area contributed by atoms with Gasteiger partial charge in [0.2, 0.25) is 0 Å². The van der Waals surface area contributed by atoms with Crippen molar-refractivity contribution in [1.29, 1.82) is 0 Å². The number of likely N-dealkylation sites (N-methyl/N-ethyl adjacent to an activating group) is 1. The van der Waals surface area contributed by atoms with Crippen molar-refractivity contribution in [2.75, 3.05) is 13.7 Å². The quantitative estimate of drug-likeness (QED) is 0.851. The second-order valence-corrected chi connectivity index (χ2v) is 5.70. The number of halogens is 1. The lowest BCUT2D eigenvalue weighted by Crippen LogP contribution is -2.39. The normalized spacial score (nSPS) is 17.9. The topological polar surface area (TPSA) is 21.3 Å². The van der Waals surface area contributed by atoms with Crippen LogP contribution in [0.25, 0.3) is 0 Å². The van der Waals surface area contributed by atoms with E-state index in [0.29, 0.717) is 17.7 Å². The van der Waals surface area contributed by atoms with Crippen LogP contribution in [-0.2, 0) is 6.42 Å². The summed E-state index contributed by atoms with van der Waals surface area (Å²) in [6.07, 6.45) is 7.26. The van der Waals surface area contributed by atoms with E-state index in [0.717, 1.165) is 18.5 Å². The molecule has 1 aliphatic carbocycles. The SMILES string of the molecule is CCNC(Cc1cccc(OC)c1F)C1CCCCC1. The van der Waals surface area contributed by atoms with Crippen molar-refractivity contribution < 1.29 is 9.13 Å². The van der Waals surface area contributed by atoms with E-state index in [1.807, 2.05) is 12.1 Å². The minimum atomic E-state index is -0.200. The van der Waals surface area contributed by atoms with Gasteiger partial charge in [-0.1, -0.05) is 38.3 Å². The van der Waals surface area contributed by atoms with E-state index < -0.39 is 0 Å². The van der Waals surface area contributed by atoms with Gasteiger partial charge in [-0.3, -0.25) is 0 Å². The zero-order chi connectivity index (χ0) is 14.4. The monoisotopic (exact) mass is 279 g/mol. The summed E-state index contributed by atoms with van der Waals surface area (Å²) < 4.78 is 19.4. The lowest BCUT2D eigenvalue weighted by molar-refractivity contribution is 0.267. The second kappa shape index (κ2) is 7.63. The van der Waals surface area contributed by atoms with Gasteiger partial charge in [0.1, 0.15) is 0 Å². The molecule has 20 heavy (non-hydrogen) atoms. The average molecular weight is 279 g/mol. The zero-order valence-electron chi connectivity index (χ0n) is 12.6. The maximum atomic E-state index is 14.3. The number of nitrogens with one attached hydrogen (secondary N) is 1. The Morgan fingerprint density at radius 1 is 1.30 bits per heavy atom. The first-order chi connectivity index (χ1) is 9.76. The smallest absolute Gasteiger partial charge is 0.168 e. The van der Waals surface area contributed by atoms with Crippen LogP contribution in [0.1, 0.15) is 44.6 Å². The summed E-state index contributed by atoms with van der Waals surface area (Å²) in [6, 6.07) is 5.82. The second-order valence-electron chi connectivity index (χ2n) is 5.70. The Kier molecular flexibility index (Phi) is 5.84. The Hall–Kier alpha value is -1.09. The van der Waals surface area contributed by atoms with Crippen molar-refractivity contribution in [2.24, 2.45) is 5.92 Å². The van der Waals surface area contributed by atoms with Gasteiger partial charge in [-0.05, 0) is 43.4 Å². The molecule has 1 aromatic carbocycles. The number of methoxy groups -OCH3 is 1. The Bertz CT molecular complexity index is 415. The lowest BCUT2D eigenvalue weighted by Gasteiger charge is -2.31. The van der Waals surface area contributed by atoms with Crippen LogP contribution in [0.2, 0.25) is 0 Å². The predicted octanol–water partition coefficient (Wildman–Crippen LogP) is 3.94. The predicted molar refractivity (Wildman–Crippen MR) is 80.7 cm³/mol. The van der Waals surface area contributed by atoms with Gasteiger partial charge in [-0.15, -0.1) is 0 Å². The molecule has 0 bridgehead atoms. The molecule has 1 aromatic rings. The van der Waals surface area contributed by atoms with Crippen molar-refractivity contribution >= 4 is 0 Å². The largest absolute Gasteiger partial charge is 0.494 e. The molecule has 0 saturated heterocycles. The highest BCUT2D eigenvalue weighted by atomic mass is 19.1. The number of hydrogen-bond acceptors (Lipinski definition) is 2. The highest BCUT2D eigenvalue weighted by molar-refractivity contribution is 5.31. The summed E-state index contributed by atoms with van der Waals surface area (Å²) in [5.41, 5.74) is 0.765. The molecule has 1 saturated carbocycles. The maximum Gasteiger partial charge on any atom is 0.168 e. The van der Waals surface area contributed by atoms with E-state index in [2.05, 4.69) is 12.2 Å². The van der Waals surface area contributed by atoms with Crippen LogP contribution in [0, 0.1) is 11.7 Å². The van der Waals surface area contributed by atoms with Gasteiger partial charge in [0.25, 0.3) is 0 Å². The Balaban J connectivity index is 2.10. The molecule has 3 heteroatoms. The third kappa shape index (κ3) is 3.72. The fraction of sp³-hybridized carbons (Fsp3) is 0.647. The molecule has 0 spiro atoms. The summed E-state index contributed by atoms with van der Waals surface area (Å²) in [5, 5.41) is 3.56. The van der Waals surface area contributed by atoms with Crippen LogP contribution in [0.3, 0.4) is 0 Å². The molecule has 2 rings (SSSR count). The fourth-order valence-corrected chi connectivity index (χ4v) is 3.31. The summed E-state index contributed by atoms with van der Waals surface area (Å²) in [7, 11) is 1.52. The highest BCUT2D eigenvalue weighted by Crippen LogP contribution is 2.29. The standard InChI is InChI=1S/C17H26FNO/c1-3-19-15(13-8-5-4-6-9-13)12-14-10-7-11-16(20-2)17(14)18/h7,10-11,13,15,19H,3-6,8-9,12H2,1-2H3. The third-order valence-corrected chi connectivity index (χ3v) is 4.39. The maximum absolute atomic E-state index is 14.3. The first-order valence-corrected chi connectivity index (χ1v) is 7.81. The zero-order valence-corrected chi connectivity index (χ0v) is 12.6. The molecule has 0 radical (unpaired) electrons. The Morgan fingerprint density at radius 3 is 2.70 bits per heavy atom. The van der Waals surface area contributed by atoms with Gasteiger partial charge in [-0.2, -0.15) is 0 Å². The van der Waals surface area contributed by atoms with Crippen LogP contribution >= 0.6 is 0 Å². The van der Waals surface area contributed by atoms with Crippen molar-refractivity contribution in [3.63, 3.8) is 0 Å². The van der Waals surface area contributed by atoms with Gasteiger partial charge in [-0.25, -0.2) is 4.39 Å². The number of benzene rings is 1. The first-order valence-electron chi connectivity index (χ1n) is 7.81. The fourth-order valence-electron chi connectivity index (χ4n) is 3.31. The minimum absolute atomic E-state index is 0.200. The molecule has 1 atom stereocenters. The molecule has 1 fully saturated rings. The van der Waals surface area contributed by atoms with Crippen LogP contribution in [0.15, 0.2) is 18.2 Å². The Morgan fingerprint density at radius 2 is 2.05 bits per heavy atom. The molecule has 1 unspecified atom stereocenters. The molecule has 112 valence electrons. The van der Waals surface area contributed by atoms with Crippen LogP contribution in [0.5, 0.6) is 5.75 Å². The van der Waals surface area contributed by atoms with Crippen molar-refractivity contribution in [2.45, 2.75) is 51.5 Å². The summed E-state index contributed by atoms with van der Waals surface area (Å²) in [6.45, 7) is 3.06. The molecular weight excluding hydrogens is 253 g/mol. The third-order valence-electron chi connectivity index (χ3n) is 4.39. The van der Waals surface area contributed by atoms with Gasteiger partial charge >= 0.3 is 0 Å². The Labute approximate surface area is 121 Å². The molecule has 1 aliphatic rings. The molecule has 0 aliphatic heterocycles. The van der Waals surface area contributed by atoms with E-state index in [1.165, 1.54) is 39.2 Å². The molecule has 0 amide bonds. The molecule has 1 N–H and O–H groups in total. The molecular formula is C17H26FNO.